The number of carbonyl (C=O) groups excluding carboxylic acids is 4. The smallest absolute Gasteiger partial charge is 0.313 e. The van der Waals surface area contributed by atoms with E-state index in [9.17, 15) is 19.2 Å². The molecule has 0 saturated heterocycles. The first-order valence-corrected chi connectivity index (χ1v) is 11.9. The van der Waals surface area contributed by atoms with E-state index in [4.69, 9.17) is 9.47 Å². The van der Waals surface area contributed by atoms with Crippen molar-refractivity contribution in [1.29, 1.82) is 0 Å². The van der Waals surface area contributed by atoms with Crippen LogP contribution >= 0.6 is 0 Å². The fourth-order valence-electron chi connectivity index (χ4n) is 11.4. The third kappa shape index (κ3) is 1.36. The first-order valence-electron chi connectivity index (χ1n) is 11.9. The number of fused-ring (bicyclic) bond motifs is 2. The average molecular weight is 412 g/mol. The zero-order valence-corrected chi connectivity index (χ0v) is 17.5. The molecule has 0 unspecified atom stereocenters. The molecule has 0 aromatic rings. The molecule has 160 valence electrons. The van der Waals surface area contributed by atoms with Crippen molar-refractivity contribution in [3.8, 4) is 0 Å². The number of Topliss-reactive ketones (excluding diaryl/α,β-unsaturated/α-hetero) is 2. The van der Waals surface area contributed by atoms with Gasteiger partial charge < -0.3 is 9.47 Å². The lowest BCUT2D eigenvalue weighted by molar-refractivity contribution is -0.211. The summed E-state index contributed by atoms with van der Waals surface area (Å²) in [5.74, 6) is 0.363. The molecule has 8 aliphatic carbocycles. The Labute approximate surface area is 175 Å². The summed E-state index contributed by atoms with van der Waals surface area (Å²) in [7, 11) is 0. The lowest BCUT2D eigenvalue weighted by Crippen LogP contribution is -2.66. The number of ether oxygens (including phenoxy) is 2. The summed E-state index contributed by atoms with van der Waals surface area (Å²) in [5.41, 5.74) is -1.90. The second-order valence-electron chi connectivity index (χ2n) is 10.8. The van der Waals surface area contributed by atoms with Crippen molar-refractivity contribution in [3.63, 3.8) is 0 Å². The van der Waals surface area contributed by atoms with Crippen molar-refractivity contribution in [2.75, 3.05) is 13.2 Å². The molecule has 8 aliphatic rings. The summed E-state index contributed by atoms with van der Waals surface area (Å²) in [4.78, 5) is 53.7. The van der Waals surface area contributed by atoms with Crippen LogP contribution in [-0.2, 0) is 28.7 Å². The molecule has 0 N–H and O–H groups in total. The lowest BCUT2D eigenvalue weighted by atomic mass is 9.43. The molecule has 0 aliphatic heterocycles. The van der Waals surface area contributed by atoms with Crippen molar-refractivity contribution in [1.82, 2.24) is 0 Å². The van der Waals surface area contributed by atoms with Crippen molar-refractivity contribution in [2.45, 2.75) is 39.5 Å². The van der Waals surface area contributed by atoms with E-state index in [0.717, 1.165) is 12.8 Å². The van der Waals surface area contributed by atoms with Crippen molar-refractivity contribution in [3.05, 3.63) is 0 Å². The van der Waals surface area contributed by atoms with Gasteiger partial charge in [-0.2, -0.15) is 0 Å². The average Bonchev–Trinajstić information content (AvgIpc) is 3.51. The molecule has 8 bridgehead atoms. The molecule has 8 saturated carbocycles. The molecular weight excluding hydrogens is 384 g/mol. The molecule has 0 radical (unpaired) electrons. The maximum atomic E-state index is 13.9. The SMILES string of the molecule is CCOC(=O)[C@]12[C@@H]3[C@@H]4C(=O)CC[C@@H]4[C@@H]4[C@@H]3[C@H]3[C@@H]1[C@@H]1CCC(=O)[C@@H]1[C@@H]3[C@@]42C(=O)OCC. The van der Waals surface area contributed by atoms with Crippen LogP contribution in [0.3, 0.4) is 0 Å². The molecule has 0 amide bonds. The number of ketones is 2. The Balaban J connectivity index is 1.51. The number of hydrogen-bond acceptors (Lipinski definition) is 6. The predicted octanol–water partition coefficient (Wildman–Crippen LogP) is 2.04. The normalized spacial score (nSPS) is 57.4. The Bertz CT molecular complexity index is 851. The fourth-order valence-corrected chi connectivity index (χ4v) is 11.4. The van der Waals surface area contributed by atoms with E-state index in [1.54, 1.807) is 13.8 Å². The minimum atomic E-state index is -0.952. The maximum absolute atomic E-state index is 13.9. The Morgan fingerprint density at radius 2 is 1.17 bits per heavy atom. The van der Waals surface area contributed by atoms with Crippen molar-refractivity contribution >= 4 is 23.5 Å². The van der Waals surface area contributed by atoms with E-state index < -0.39 is 10.8 Å². The minimum Gasteiger partial charge on any atom is -0.466 e. The van der Waals surface area contributed by atoms with E-state index in [1.807, 2.05) is 0 Å². The largest absolute Gasteiger partial charge is 0.466 e. The molecule has 0 heterocycles. The molecule has 0 spiro atoms. The van der Waals surface area contributed by atoms with Crippen LogP contribution in [0.5, 0.6) is 0 Å². The molecule has 8 fully saturated rings. The zero-order chi connectivity index (χ0) is 20.7. The summed E-state index contributed by atoms with van der Waals surface area (Å²) >= 11 is 0. The van der Waals surface area contributed by atoms with Gasteiger partial charge in [0.25, 0.3) is 0 Å². The van der Waals surface area contributed by atoms with Crippen LogP contribution in [0.1, 0.15) is 39.5 Å². The molecule has 0 aromatic heterocycles. The Morgan fingerprint density at radius 3 is 1.53 bits per heavy atom. The Morgan fingerprint density at radius 1 is 0.767 bits per heavy atom. The molecule has 6 nitrogen and oxygen atoms in total. The van der Waals surface area contributed by atoms with E-state index in [-0.39, 0.29) is 95.9 Å². The van der Waals surface area contributed by atoms with Crippen LogP contribution in [0.4, 0.5) is 0 Å². The zero-order valence-electron chi connectivity index (χ0n) is 17.5. The van der Waals surface area contributed by atoms with E-state index in [0.29, 0.717) is 12.8 Å². The highest BCUT2D eigenvalue weighted by atomic mass is 16.5. The molecule has 0 aromatic carbocycles. The summed E-state index contributed by atoms with van der Waals surface area (Å²) in [5, 5.41) is 0. The quantitative estimate of drug-likeness (QED) is 0.657. The Kier molecular flexibility index (Phi) is 3.10. The van der Waals surface area contributed by atoms with Crippen LogP contribution in [0, 0.1) is 70.0 Å². The highest BCUT2D eigenvalue weighted by Gasteiger charge is 3.01. The highest BCUT2D eigenvalue weighted by Crippen LogP contribution is 2.97. The number of hydrogen-bond donors (Lipinski definition) is 0. The van der Waals surface area contributed by atoms with Gasteiger partial charge >= 0.3 is 11.9 Å². The van der Waals surface area contributed by atoms with Crippen LogP contribution in [0.15, 0.2) is 0 Å². The molecule has 30 heavy (non-hydrogen) atoms. The Hall–Kier alpha value is -1.72. The molecule has 12 atom stereocenters. The van der Waals surface area contributed by atoms with Gasteiger partial charge in [0, 0.05) is 24.7 Å². The topological polar surface area (TPSA) is 86.7 Å². The monoisotopic (exact) mass is 412 g/mol. The van der Waals surface area contributed by atoms with Crippen molar-refractivity contribution < 1.29 is 28.7 Å². The van der Waals surface area contributed by atoms with Crippen LogP contribution in [-0.4, -0.2) is 36.7 Å². The third-order valence-corrected chi connectivity index (χ3v) is 10.9. The van der Waals surface area contributed by atoms with Gasteiger partial charge in [-0.1, -0.05) is 0 Å². The summed E-state index contributed by atoms with van der Waals surface area (Å²) in [6, 6.07) is 0. The van der Waals surface area contributed by atoms with E-state index in [1.165, 1.54) is 0 Å². The van der Waals surface area contributed by atoms with Gasteiger partial charge in [0.1, 0.15) is 11.6 Å². The second kappa shape index (κ2) is 5.18. The fraction of sp³-hybridized carbons (Fsp3) is 0.833. The molecular formula is C24H28O6. The van der Waals surface area contributed by atoms with E-state index >= 15 is 0 Å². The standard InChI is InChI=1S/C24H28O6/c1-3-29-21(27)23-17-9-5-7-12(26)14(9)20-15(17)16-18(24(20,23)22(28)30-4-2)10-6-8-11(25)13(10)19(16)23/h9-10,13-20H,3-8H2,1-2H3/t9-,10+,13+,14-,15-,16-,17+,18-,19-,20+,23+,24+/m0/s1. The number of rotatable bonds is 4. The van der Waals surface area contributed by atoms with Crippen LogP contribution in [0.25, 0.3) is 0 Å². The van der Waals surface area contributed by atoms with Gasteiger partial charge in [0.15, 0.2) is 0 Å². The lowest BCUT2D eigenvalue weighted by Gasteiger charge is -2.57. The van der Waals surface area contributed by atoms with Gasteiger partial charge in [-0.3, -0.25) is 19.2 Å². The minimum absolute atomic E-state index is 0.00278. The van der Waals surface area contributed by atoms with Gasteiger partial charge in [-0.15, -0.1) is 0 Å². The van der Waals surface area contributed by atoms with Crippen LogP contribution < -0.4 is 0 Å². The number of carbonyl (C=O) groups is 4. The van der Waals surface area contributed by atoms with E-state index in [2.05, 4.69) is 0 Å². The van der Waals surface area contributed by atoms with Gasteiger partial charge in [-0.05, 0) is 74.0 Å². The summed E-state index contributed by atoms with van der Waals surface area (Å²) < 4.78 is 11.4. The summed E-state index contributed by atoms with van der Waals surface area (Å²) in [6.45, 7) is 4.13. The van der Waals surface area contributed by atoms with Crippen molar-refractivity contribution in [2.24, 2.45) is 70.0 Å². The highest BCUT2D eigenvalue weighted by molar-refractivity contribution is 5.99. The third-order valence-electron chi connectivity index (χ3n) is 10.9. The van der Waals surface area contributed by atoms with Gasteiger partial charge in [-0.25, -0.2) is 0 Å². The maximum Gasteiger partial charge on any atom is 0.313 e. The second-order valence-corrected chi connectivity index (χ2v) is 10.8. The number of esters is 2. The molecule has 8 rings (SSSR count). The first kappa shape index (κ1) is 17.9. The summed E-state index contributed by atoms with van der Waals surface area (Å²) in [6.07, 6.45) is 2.73. The predicted molar refractivity (Wildman–Crippen MR) is 102 cm³/mol. The molecule has 6 heteroatoms. The van der Waals surface area contributed by atoms with Gasteiger partial charge in [0.05, 0.1) is 24.0 Å². The first-order chi connectivity index (χ1) is 14.5. The van der Waals surface area contributed by atoms with Crippen LogP contribution in [0.2, 0.25) is 0 Å². The van der Waals surface area contributed by atoms with Gasteiger partial charge in [0.2, 0.25) is 0 Å².